The zero-order chi connectivity index (χ0) is 20.2. The van der Waals surface area contributed by atoms with Gasteiger partial charge >= 0.3 is 7.67 Å². The topological polar surface area (TPSA) is 32.8 Å². The fourth-order valence-corrected chi connectivity index (χ4v) is 7.23. The number of rotatable bonds is 13. The third kappa shape index (κ3) is 6.94. The van der Waals surface area contributed by atoms with Crippen molar-refractivity contribution in [2.24, 2.45) is 0 Å². The predicted octanol–water partition coefficient (Wildman–Crippen LogP) is 5.97. The van der Waals surface area contributed by atoms with Gasteiger partial charge in [-0.15, -0.1) is 23.5 Å². The molecule has 0 aromatic heterocycles. The zero-order valence-corrected chi connectivity index (χ0v) is 19.5. The van der Waals surface area contributed by atoms with E-state index in [4.69, 9.17) is 4.52 Å². The van der Waals surface area contributed by atoms with Crippen LogP contribution in [0.15, 0.2) is 70.5 Å². The predicted molar refractivity (Wildman–Crippen MR) is 123 cm³/mol. The first-order valence-electron chi connectivity index (χ1n) is 9.66. The van der Waals surface area contributed by atoms with Crippen LogP contribution in [0.25, 0.3) is 0 Å². The van der Waals surface area contributed by atoms with E-state index in [-0.39, 0.29) is 0 Å². The molecule has 0 saturated heterocycles. The van der Waals surface area contributed by atoms with Crippen molar-refractivity contribution in [1.29, 1.82) is 0 Å². The maximum atomic E-state index is 13.7. The van der Waals surface area contributed by atoms with Gasteiger partial charge in [0.25, 0.3) is 0 Å². The average Bonchev–Trinajstić information content (AvgIpc) is 2.74. The number of hydrogen-bond acceptors (Lipinski definition) is 4. The van der Waals surface area contributed by atoms with Gasteiger partial charge in [0, 0.05) is 54.6 Å². The van der Waals surface area contributed by atoms with Gasteiger partial charge in [-0.3, -0.25) is 4.57 Å². The van der Waals surface area contributed by atoms with Crippen LogP contribution < -0.4 is 0 Å². The van der Waals surface area contributed by atoms with Gasteiger partial charge in [0.1, 0.15) is 0 Å². The third-order valence-corrected chi connectivity index (χ3v) is 9.26. The molecule has 0 amide bonds. The van der Waals surface area contributed by atoms with Crippen LogP contribution in [0.5, 0.6) is 0 Å². The van der Waals surface area contributed by atoms with Crippen LogP contribution in [0.3, 0.4) is 0 Å². The quantitative estimate of drug-likeness (QED) is 0.283. The van der Waals surface area contributed by atoms with Crippen molar-refractivity contribution in [2.45, 2.75) is 23.6 Å². The largest absolute Gasteiger partial charge is 0.345 e. The van der Waals surface area contributed by atoms with Crippen LogP contribution >= 0.6 is 31.2 Å². The Morgan fingerprint density at radius 2 is 1.21 bits per heavy atom. The SMILES string of the molecule is CCN(CC)P(=O)(OC)N(CCSc1ccccc1)CCSc1ccccc1. The minimum absolute atomic E-state index is 0.704. The van der Waals surface area contributed by atoms with Crippen LogP contribution in [0, 0.1) is 0 Å². The van der Waals surface area contributed by atoms with Crippen molar-refractivity contribution in [1.82, 2.24) is 9.34 Å². The Hall–Kier alpha value is -0.750. The Bertz CT molecular complexity index is 669. The van der Waals surface area contributed by atoms with Crippen molar-refractivity contribution in [3.05, 3.63) is 60.7 Å². The van der Waals surface area contributed by atoms with E-state index in [2.05, 4.69) is 24.3 Å². The summed E-state index contributed by atoms with van der Waals surface area (Å²) in [6.07, 6.45) is 0. The Balaban J connectivity index is 2.03. The zero-order valence-electron chi connectivity index (χ0n) is 17.0. The van der Waals surface area contributed by atoms with Crippen molar-refractivity contribution < 1.29 is 9.09 Å². The molecule has 154 valence electrons. The molecule has 7 heteroatoms. The van der Waals surface area contributed by atoms with E-state index in [0.29, 0.717) is 13.1 Å². The standard InChI is InChI=1S/C21H31N2O2PS2/c1-4-22(5-2)26(24,25-3)23(16-18-27-20-12-8-6-9-13-20)17-19-28-21-14-10-7-11-15-21/h6-15H,4-5,16-19H2,1-3H3. The Morgan fingerprint density at radius 3 is 1.57 bits per heavy atom. The molecule has 0 saturated carbocycles. The van der Waals surface area contributed by atoms with E-state index in [0.717, 1.165) is 24.6 Å². The number of thioether (sulfide) groups is 2. The van der Waals surface area contributed by atoms with E-state index < -0.39 is 7.67 Å². The minimum atomic E-state index is -3.02. The lowest BCUT2D eigenvalue weighted by Gasteiger charge is -2.36. The molecule has 28 heavy (non-hydrogen) atoms. The van der Waals surface area contributed by atoms with Gasteiger partial charge in [-0.2, -0.15) is 0 Å². The van der Waals surface area contributed by atoms with Crippen LogP contribution in [0.2, 0.25) is 0 Å². The number of hydrogen-bond donors (Lipinski definition) is 0. The summed E-state index contributed by atoms with van der Waals surface area (Å²) in [4.78, 5) is 2.47. The van der Waals surface area contributed by atoms with Gasteiger partial charge in [-0.25, -0.2) is 9.34 Å². The van der Waals surface area contributed by atoms with Crippen molar-refractivity contribution in [2.75, 3.05) is 44.8 Å². The van der Waals surface area contributed by atoms with Gasteiger partial charge < -0.3 is 4.52 Å². The third-order valence-electron chi connectivity index (χ3n) is 4.41. The Morgan fingerprint density at radius 1 is 0.786 bits per heavy atom. The summed E-state index contributed by atoms with van der Waals surface area (Å²) in [6, 6.07) is 20.7. The van der Waals surface area contributed by atoms with Crippen molar-refractivity contribution >= 4 is 31.2 Å². The molecule has 0 spiro atoms. The van der Waals surface area contributed by atoms with Gasteiger partial charge in [0.2, 0.25) is 0 Å². The van der Waals surface area contributed by atoms with E-state index in [1.165, 1.54) is 9.79 Å². The smallest absolute Gasteiger partial charge is 0.309 e. The highest BCUT2D eigenvalue weighted by atomic mass is 32.2. The summed E-state index contributed by atoms with van der Waals surface area (Å²) >= 11 is 3.58. The highest BCUT2D eigenvalue weighted by molar-refractivity contribution is 7.99. The first-order valence-corrected chi connectivity index (χ1v) is 13.2. The summed E-state index contributed by atoms with van der Waals surface area (Å²) in [5, 5.41) is 0. The Kier molecular flexibility index (Phi) is 10.7. The van der Waals surface area contributed by atoms with Gasteiger partial charge in [0.15, 0.2) is 0 Å². The fourth-order valence-electron chi connectivity index (χ4n) is 2.93. The van der Waals surface area contributed by atoms with Crippen LogP contribution in [-0.2, 0) is 9.09 Å². The summed E-state index contributed by atoms with van der Waals surface area (Å²) in [5.74, 6) is 1.74. The molecule has 0 aliphatic carbocycles. The monoisotopic (exact) mass is 438 g/mol. The second kappa shape index (κ2) is 12.7. The molecule has 0 bridgehead atoms. The van der Waals surface area contributed by atoms with Gasteiger partial charge in [0.05, 0.1) is 0 Å². The minimum Gasteiger partial charge on any atom is -0.309 e. The first-order chi connectivity index (χ1) is 13.6. The molecule has 1 atom stereocenters. The molecule has 2 aromatic rings. The maximum Gasteiger partial charge on any atom is 0.345 e. The summed E-state index contributed by atoms with van der Waals surface area (Å²) < 4.78 is 23.4. The molecule has 0 radical (unpaired) electrons. The lowest BCUT2D eigenvalue weighted by atomic mass is 10.4. The van der Waals surface area contributed by atoms with Crippen LogP contribution in [0.1, 0.15) is 13.8 Å². The lowest BCUT2D eigenvalue weighted by molar-refractivity contribution is 0.252. The van der Waals surface area contributed by atoms with E-state index >= 15 is 0 Å². The Labute approximate surface area is 178 Å². The highest BCUT2D eigenvalue weighted by Crippen LogP contribution is 2.53. The fraction of sp³-hybridized carbons (Fsp3) is 0.429. The molecule has 2 rings (SSSR count). The highest BCUT2D eigenvalue weighted by Gasteiger charge is 2.35. The lowest BCUT2D eigenvalue weighted by Crippen LogP contribution is -2.35. The number of benzene rings is 2. The van der Waals surface area contributed by atoms with Crippen molar-refractivity contribution in [3.63, 3.8) is 0 Å². The molecule has 2 aromatic carbocycles. The maximum absolute atomic E-state index is 13.7. The summed E-state index contributed by atoms with van der Waals surface area (Å²) in [6.45, 7) is 6.91. The second-order valence-electron chi connectivity index (χ2n) is 6.09. The molecule has 0 aliphatic rings. The normalized spacial score (nSPS) is 13.8. The van der Waals surface area contributed by atoms with E-state index in [1.807, 2.05) is 59.6 Å². The molecule has 0 heterocycles. The number of nitrogens with zero attached hydrogens (tertiary/aromatic N) is 2. The summed E-state index contributed by atoms with van der Waals surface area (Å²) in [5.41, 5.74) is 0. The second-order valence-corrected chi connectivity index (χ2v) is 10.9. The molecular weight excluding hydrogens is 407 g/mol. The molecule has 4 nitrogen and oxygen atoms in total. The average molecular weight is 439 g/mol. The molecule has 0 fully saturated rings. The summed E-state index contributed by atoms with van der Waals surface area (Å²) in [7, 11) is -1.45. The van der Waals surface area contributed by atoms with Gasteiger partial charge in [-0.1, -0.05) is 50.2 Å². The van der Waals surface area contributed by atoms with E-state index in [1.54, 1.807) is 30.6 Å². The molecular formula is C21H31N2O2PS2. The molecule has 0 N–H and O–H groups in total. The van der Waals surface area contributed by atoms with E-state index in [9.17, 15) is 4.57 Å². The first kappa shape index (κ1) is 23.5. The van der Waals surface area contributed by atoms with Crippen molar-refractivity contribution in [3.8, 4) is 0 Å². The molecule has 1 unspecified atom stereocenters. The van der Waals surface area contributed by atoms with Gasteiger partial charge in [-0.05, 0) is 24.3 Å². The van der Waals surface area contributed by atoms with Crippen LogP contribution in [0.4, 0.5) is 0 Å². The van der Waals surface area contributed by atoms with Crippen LogP contribution in [-0.4, -0.2) is 54.1 Å². The molecule has 0 aliphatic heterocycles.